The van der Waals surface area contributed by atoms with Gasteiger partial charge in [-0.2, -0.15) is 0 Å². The van der Waals surface area contributed by atoms with Crippen LogP contribution in [0.2, 0.25) is 0 Å². The van der Waals surface area contributed by atoms with Crippen molar-refractivity contribution < 1.29 is 18.9 Å². The van der Waals surface area contributed by atoms with Gasteiger partial charge in [0.15, 0.2) is 5.82 Å². The van der Waals surface area contributed by atoms with Crippen LogP contribution in [0.25, 0.3) is 0 Å². The summed E-state index contributed by atoms with van der Waals surface area (Å²) in [7, 11) is 1.55. The van der Waals surface area contributed by atoms with Crippen molar-refractivity contribution in [1.82, 2.24) is 10.1 Å². The van der Waals surface area contributed by atoms with E-state index in [1.54, 1.807) is 44.3 Å². The molecule has 2 rings (SSSR count). The number of carbonyl (C=O) groups excluding carboxylic acids is 3. The minimum Gasteiger partial charge on any atom is -0.360 e. The number of aryl methyl sites for hydroxylation is 1. The van der Waals surface area contributed by atoms with Crippen molar-refractivity contribution >= 4 is 29.2 Å². The number of hydrogen-bond acceptors (Lipinski definition) is 5. The fourth-order valence-corrected chi connectivity index (χ4v) is 2.12. The molecule has 0 radical (unpaired) electrons. The molecule has 0 fully saturated rings. The molecule has 0 aliphatic rings. The minimum absolute atomic E-state index is 0.0990. The molecule has 1 aromatic carbocycles. The number of carbonyl (C=O) groups is 3. The second-order valence-corrected chi connectivity index (χ2v) is 5.69. The summed E-state index contributed by atoms with van der Waals surface area (Å²) in [5, 5.41) is 8.85. The summed E-state index contributed by atoms with van der Waals surface area (Å²) < 4.78 is 4.86. The lowest BCUT2D eigenvalue weighted by Crippen LogP contribution is -2.35. The second-order valence-electron chi connectivity index (χ2n) is 5.69. The van der Waals surface area contributed by atoms with Crippen LogP contribution in [0.1, 0.15) is 11.3 Å². The Morgan fingerprint density at radius 1 is 1.23 bits per heavy atom. The Bertz CT molecular complexity index is 811. The number of aromatic nitrogens is 1. The second kappa shape index (κ2) is 8.61. The molecular formula is C18H20N4O4. The zero-order valence-electron chi connectivity index (χ0n) is 14.6. The Morgan fingerprint density at radius 2 is 1.92 bits per heavy atom. The topological polar surface area (TPSA) is 105 Å². The van der Waals surface area contributed by atoms with E-state index in [0.717, 1.165) is 5.56 Å². The predicted octanol–water partition coefficient (Wildman–Crippen LogP) is 1.75. The number of likely N-dealkylation sites (N-methyl/N-ethyl adjacent to an activating group) is 1. The van der Waals surface area contributed by atoms with Gasteiger partial charge in [0.25, 0.3) is 0 Å². The van der Waals surface area contributed by atoms with Crippen LogP contribution in [-0.2, 0) is 20.8 Å². The van der Waals surface area contributed by atoms with Crippen LogP contribution in [-0.4, -0.2) is 41.4 Å². The molecule has 3 amide bonds. The highest BCUT2D eigenvalue weighted by molar-refractivity contribution is 5.98. The molecule has 0 atom stereocenters. The molecule has 0 aliphatic heterocycles. The van der Waals surface area contributed by atoms with Crippen molar-refractivity contribution in [2.75, 3.05) is 24.2 Å². The van der Waals surface area contributed by atoms with Crippen molar-refractivity contribution in [3.8, 4) is 0 Å². The van der Waals surface area contributed by atoms with Crippen LogP contribution in [0.5, 0.6) is 0 Å². The molecule has 0 aliphatic carbocycles. The monoisotopic (exact) mass is 356 g/mol. The highest BCUT2D eigenvalue weighted by Crippen LogP contribution is 2.11. The minimum atomic E-state index is -0.364. The predicted molar refractivity (Wildman–Crippen MR) is 96.5 cm³/mol. The van der Waals surface area contributed by atoms with Crippen molar-refractivity contribution in [2.45, 2.75) is 13.3 Å². The molecule has 1 aromatic heterocycles. The summed E-state index contributed by atoms with van der Waals surface area (Å²) >= 11 is 0. The number of rotatable bonds is 7. The first-order valence-electron chi connectivity index (χ1n) is 7.87. The maximum Gasteiger partial charge on any atom is 0.247 e. The molecule has 8 heteroatoms. The van der Waals surface area contributed by atoms with Crippen molar-refractivity contribution in [1.29, 1.82) is 0 Å². The molecular weight excluding hydrogens is 336 g/mol. The number of amides is 3. The van der Waals surface area contributed by atoms with Crippen LogP contribution < -0.4 is 10.6 Å². The molecule has 2 N–H and O–H groups in total. The third kappa shape index (κ3) is 5.59. The van der Waals surface area contributed by atoms with E-state index in [0.29, 0.717) is 17.3 Å². The fraction of sp³-hybridized carbons (Fsp3) is 0.222. The van der Waals surface area contributed by atoms with E-state index in [9.17, 15) is 14.4 Å². The van der Waals surface area contributed by atoms with E-state index in [4.69, 9.17) is 4.52 Å². The van der Waals surface area contributed by atoms with E-state index in [-0.39, 0.29) is 30.7 Å². The lowest BCUT2D eigenvalue weighted by molar-refractivity contribution is -0.132. The number of nitrogens with zero attached hydrogens (tertiary/aromatic N) is 2. The molecule has 0 bridgehead atoms. The van der Waals surface area contributed by atoms with Gasteiger partial charge in [-0.25, -0.2) is 0 Å². The number of anilines is 2. The van der Waals surface area contributed by atoms with Crippen molar-refractivity contribution in [2.24, 2.45) is 0 Å². The zero-order valence-corrected chi connectivity index (χ0v) is 14.6. The summed E-state index contributed by atoms with van der Waals surface area (Å²) in [6, 6.07) is 8.46. The van der Waals surface area contributed by atoms with Crippen molar-refractivity contribution in [3.63, 3.8) is 0 Å². The first-order valence-corrected chi connectivity index (χ1v) is 7.87. The van der Waals surface area contributed by atoms with E-state index in [1.807, 2.05) is 0 Å². The zero-order chi connectivity index (χ0) is 19.1. The van der Waals surface area contributed by atoms with Gasteiger partial charge in [-0.1, -0.05) is 23.9 Å². The number of benzene rings is 1. The van der Waals surface area contributed by atoms with E-state index in [1.165, 1.54) is 11.0 Å². The first-order chi connectivity index (χ1) is 12.4. The van der Waals surface area contributed by atoms with Crippen LogP contribution >= 0.6 is 0 Å². The van der Waals surface area contributed by atoms with Crippen LogP contribution in [0, 0.1) is 6.92 Å². The molecule has 0 unspecified atom stereocenters. The molecule has 136 valence electrons. The lowest BCUT2D eigenvalue weighted by Gasteiger charge is -2.16. The van der Waals surface area contributed by atoms with Crippen LogP contribution in [0.4, 0.5) is 11.5 Å². The van der Waals surface area contributed by atoms with Gasteiger partial charge in [0, 0.05) is 18.8 Å². The molecule has 26 heavy (non-hydrogen) atoms. The van der Waals surface area contributed by atoms with E-state index >= 15 is 0 Å². The fourth-order valence-electron chi connectivity index (χ4n) is 2.12. The Hall–Kier alpha value is -3.42. The molecule has 2 aromatic rings. The summed E-state index contributed by atoms with van der Waals surface area (Å²) in [6.07, 6.45) is 1.32. The van der Waals surface area contributed by atoms with Crippen LogP contribution in [0.3, 0.4) is 0 Å². The van der Waals surface area contributed by atoms with Gasteiger partial charge in [-0.15, -0.1) is 0 Å². The van der Waals surface area contributed by atoms with Crippen molar-refractivity contribution in [3.05, 3.63) is 54.3 Å². The smallest absolute Gasteiger partial charge is 0.247 e. The molecule has 1 heterocycles. The van der Waals surface area contributed by atoms with E-state index in [2.05, 4.69) is 22.4 Å². The summed E-state index contributed by atoms with van der Waals surface area (Å²) in [4.78, 5) is 36.7. The highest BCUT2D eigenvalue weighted by Gasteiger charge is 2.14. The SMILES string of the molecule is C=CC(=O)Nc1ccc(CC(=O)N(C)CC(=O)Nc2cc(C)on2)cc1. The van der Waals surface area contributed by atoms with Gasteiger partial charge in [-0.05, 0) is 30.7 Å². The largest absolute Gasteiger partial charge is 0.360 e. The average Bonchev–Trinajstić information content (AvgIpc) is 3.00. The Morgan fingerprint density at radius 3 is 2.50 bits per heavy atom. The molecule has 8 nitrogen and oxygen atoms in total. The average molecular weight is 356 g/mol. The van der Waals surface area contributed by atoms with Crippen LogP contribution in [0.15, 0.2) is 47.5 Å². The number of hydrogen-bond donors (Lipinski definition) is 2. The van der Waals surface area contributed by atoms with E-state index < -0.39 is 0 Å². The molecule has 0 saturated carbocycles. The summed E-state index contributed by atoms with van der Waals surface area (Å²) in [5.74, 6) is 0.0147. The quantitative estimate of drug-likeness (QED) is 0.736. The van der Waals surface area contributed by atoms with Gasteiger partial charge in [0.05, 0.1) is 13.0 Å². The maximum atomic E-state index is 12.2. The normalized spacial score (nSPS) is 10.1. The first kappa shape index (κ1) is 18.9. The molecule has 0 spiro atoms. The lowest BCUT2D eigenvalue weighted by atomic mass is 10.1. The van der Waals surface area contributed by atoms with Gasteiger partial charge in [0.1, 0.15) is 5.76 Å². The van der Waals surface area contributed by atoms with Gasteiger partial charge >= 0.3 is 0 Å². The summed E-state index contributed by atoms with van der Waals surface area (Å²) in [6.45, 7) is 5.00. The summed E-state index contributed by atoms with van der Waals surface area (Å²) in [5.41, 5.74) is 1.38. The van der Waals surface area contributed by atoms with Gasteiger partial charge in [0.2, 0.25) is 17.7 Å². The molecule has 0 saturated heterocycles. The Kier molecular flexibility index (Phi) is 6.26. The number of nitrogens with one attached hydrogen (secondary N) is 2. The Balaban J connectivity index is 1.85. The Labute approximate surface area is 150 Å². The highest BCUT2D eigenvalue weighted by atomic mass is 16.5. The third-order valence-corrected chi connectivity index (χ3v) is 3.46. The van der Waals surface area contributed by atoms with Gasteiger partial charge < -0.3 is 20.1 Å². The standard InChI is InChI=1S/C18H20N4O4/c1-4-16(23)19-14-7-5-13(6-8-14)10-18(25)22(3)11-17(24)20-15-9-12(2)26-21-15/h4-9H,1,10-11H2,2-3H3,(H,19,23)(H,20,21,24). The third-order valence-electron chi connectivity index (χ3n) is 3.46. The maximum absolute atomic E-state index is 12.2. The van der Waals surface area contributed by atoms with Gasteiger partial charge in [-0.3, -0.25) is 14.4 Å².